The summed E-state index contributed by atoms with van der Waals surface area (Å²) in [4.78, 5) is 14.9. The Labute approximate surface area is 161 Å². The van der Waals surface area contributed by atoms with Crippen molar-refractivity contribution in [2.45, 2.75) is 58.9 Å². The van der Waals surface area contributed by atoms with Crippen LogP contribution in [0.25, 0.3) is 11.5 Å². The third kappa shape index (κ3) is 4.00. The van der Waals surface area contributed by atoms with Crippen LogP contribution in [0.1, 0.15) is 47.2 Å². The Bertz CT molecular complexity index is 890. The van der Waals surface area contributed by atoms with E-state index in [1.165, 1.54) is 13.1 Å². The zero-order chi connectivity index (χ0) is 21.5. The number of aromatic nitrogens is 3. The number of halogens is 3. The SMILES string of the molecule is CC.Cn1nc(-c2cnc(C(F)(F)F)c(B3OC(C)(C)C(C)(C)O3)c2)oc1=O. The molecule has 154 valence electrons. The van der Waals surface area contributed by atoms with Gasteiger partial charge in [-0.2, -0.15) is 17.9 Å². The highest BCUT2D eigenvalue weighted by Crippen LogP contribution is 2.38. The minimum atomic E-state index is -4.71. The van der Waals surface area contributed by atoms with Gasteiger partial charge in [0.1, 0.15) is 5.69 Å². The fourth-order valence-electron chi connectivity index (χ4n) is 2.45. The Hall–Kier alpha value is -2.14. The van der Waals surface area contributed by atoms with Crippen LogP contribution in [0.3, 0.4) is 0 Å². The molecule has 28 heavy (non-hydrogen) atoms. The highest BCUT2D eigenvalue weighted by molar-refractivity contribution is 6.62. The molecule has 1 saturated heterocycles. The second kappa shape index (κ2) is 7.36. The number of alkyl halides is 3. The molecule has 1 aliphatic rings. The first kappa shape index (κ1) is 22.2. The summed E-state index contributed by atoms with van der Waals surface area (Å²) in [5.74, 6) is -0.881. The zero-order valence-electron chi connectivity index (χ0n) is 16.8. The third-order valence-electron chi connectivity index (χ3n) is 4.63. The lowest BCUT2D eigenvalue weighted by atomic mass is 9.77. The Morgan fingerprint density at radius 2 is 1.64 bits per heavy atom. The van der Waals surface area contributed by atoms with Crippen molar-refractivity contribution in [3.8, 4) is 11.5 Å². The molecule has 1 fully saturated rings. The van der Waals surface area contributed by atoms with Crippen LogP contribution in [0.15, 0.2) is 21.5 Å². The number of rotatable bonds is 2. The Morgan fingerprint density at radius 1 is 1.11 bits per heavy atom. The smallest absolute Gasteiger partial charge is 0.399 e. The zero-order valence-corrected chi connectivity index (χ0v) is 16.8. The summed E-state index contributed by atoms with van der Waals surface area (Å²) in [6.07, 6.45) is -3.76. The molecule has 0 unspecified atom stereocenters. The van der Waals surface area contributed by atoms with Crippen molar-refractivity contribution in [2.24, 2.45) is 7.05 Å². The van der Waals surface area contributed by atoms with E-state index in [0.717, 1.165) is 10.9 Å². The minimum Gasteiger partial charge on any atom is -0.399 e. The van der Waals surface area contributed by atoms with Crippen LogP contribution in [0.2, 0.25) is 0 Å². The van der Waals surface area contributed by atoms with Gasteiger partial charge >= 0.3 is 19.1 Å². The molecule has 2 aromatic rings. The molecule has 0 atom stereocenters. The molecule has 3 rings (SSSR count). The predicted molar refractivity (Wildman–Crippen MR) is 97.0 cm³/mol. The second-order valence-corrected chi connectivity index (χ2v) is 7.04. The highest BCUT2D eigenvalue weighted by atomic mass is 19.4. The maximum atomic E-state index is 13.4. The molecular weight excluding hydrogens is 378 g/mol. The van der Waals surface area contributed by atoms with Crippen molar-refractivity contribution in [3.05, 3.63) is 28.5 Å². The van der Waals surface area contributed by atoms with Gasteiger partial charge < -0.3 is 13.7 Å². The molecule has 0 aromatic carbocycles. The van der Waals surface area contributed by atoms with Crippen LogP contribution in [-0.2, 0) is 22.5 Å². The summed E-state index contributed by atoms with van der Waals surface area (Å²) in [7, 11) is 0.0849. The first-order valence-electron chi connectivity index (χ1n) is 8.79. The number of pyridine rings is 1. The predicted octanol–water partition coefficient (Wildman–Crippen LogP) is 2.78. The van der Waals surface area contributed by atoms with E-state index in [0.29, 0.717) is 0 Å². The van der Waals surface area contributed by atoms with E-state index in [-0.39, 0.29) is 16.9 Å². The van der Waals surface area contributed by atoms with Gasteiger partial charge in [-0.15, -0.1) is 5.10 Å². The van der Waals surface area contributed by atoms with Crippen molar-refractivity contribution in [1.82, 2.24) is 14.8 Å². The van der Waals surface area contributed by atoms with Gasteiger partial charge in [0.05, 0.1) is 16.8 Å². The maximum absolute atomic E-state index is 13.4. The van der Waals surface area contributed by atoms with Gasteiger partial charge in [-0.05, 0) is 33.8 Å². The maximum Gasteiger partial charge on any atom is 0.497 e. The standard InChI is InChI=1S/C15H17BF3N3O4.C2H6/c1-13(2)14(3,4)26-16(25-13)9-6-8(7-20-10(9)15(17,18)19)11-21-22(5)12(23)24-11;1-2/h6-7H,1-5H3;1-2H3. The lowest BCUT2D eigenvalue weighted by molar-refractivity contribution is -0.140. The molecule has 0 aliphatic carbocycles. The number of nitrogens with zero attached hydrogens (tertiary/aromatic N) is 3. The molecule has 0 spiro atoms. The van der Waals surface area contributed by atoms with Gasteiger partial charge in [0.15, 0.2) is 0 Å². The molecule has 2 aromatic heterocycles. The molecule has 0 bridgehead atoms. The average Bonchev–Trinajstić information content (AvgIpc) is 3.03. The molecule has 11 heteroatoms. The molecule has 0 radical (unpaired) electrons. The molecule has 0 N–H and O–H groups in total. The summed E-state index contributed by atoms with van der Waals surface area (Å²) in [5, 5.41) is 3.83. The molecule has 0 saturated carbocycles. The van der Waals surface area contributed by atoms with E-state index in [1.54, 1.807) is 27.7 Å². The Morgan fingerprint density at radius 3 is 2.07 bits per heavy atom. The summed E-state index contributed by atoms with van der Waals surface area (Å²) >= 11 is 0. The normalized spacial score (nSPS) is 18.0. The van der Waals surface area contributed by atoms with E-state index in [2.05, 4.69) is 10.1 Å². The topological polar surface area (TPSA) is 79.4 Å². The fourth-order valence-corrected chi connectivity index (χ4v) is 2.45. The van der Waals surface area contributed by atoms with E-state index in [9.17, 15) is 18.0 Å². The van der Waals surface area contributed by atoms with Gasteiger partial charge in [0, 0.05) is 18.7 Å². The van der Waals surface area contributed by atoms with Crippen LogP contribution in [-0.4, -0.2) is 33.1 Å². The van der Waals surface area contributed by atoms with E-state index < -0.39 is 35.9 Å². The molecule has 3 heterocycles. The molecular formula is C17H23BF3N3O4. The number of hydrogen-bond acceptors (Lipinski definition) is 6. The van der Waals surface area contributed by atoms with Gasteiger partial charge in [0.2, 0.25) is 0 Å². The first-order chi connectivity index (χ1) is 12.8. The van der Waals surface area contributed by atoms with E-state index >= 15 is 0 Å². The van der Waals surface area contributed by atoms with Crippen LogP contribution in [0, 0.1) is 0 Å². The van der Waals surface area contributed by atoms with Gasteiger partial charge in [-0.25, -0.2) is 4.79 Å². The van der Waals surface area contributed by atoms with Gasteiger partial charge in [-0.3, -0.25) is 4.98 Å². The second-order valence-electron chi connectivity index (χ2n) is 7.04. The van der Waals surface area contributed by atoms with Crippen LogP contribution in [0.4, 0.5) is 13.2 Å². The van der Waals surface area contributed by atoms with Crippen LogP contribution in [0.5, 0.6) is 0 Å². The Balaban J connectivity index is 0.00000136. The lowest BCUT2D eigenvalue weighted by Gasteiger charge is -2.32. The highest BCUT2D eigenvalue weighted by Gasteiger charge is 2.54. The van der Waals surface area contributed by atoms with Crippen LogP contribution >= 0.6 is 0 Å². The van der Waals surface area contributed by atoms with E-state index in [1.807, 2.05) is 13.8 Å². The van der Waals surface area contributed by atoms with E-state index in [4.69, 9.17) is 13.7 Å². The summed E-state index contributed by atoms with van der Waals surface area (Å²) < 4.78 is 57.6. The van der Waals surface area contributed by atoms with Gasteiger partial charge in [-0.1, -0.05) is 13.8 Å². The summed E-state index contributed by atoms with van der Waals surface area (Å²) in [6, 6.07) is 1.17. The van der Waals surface area contributed by atoms with Crippen molar-refractivity contribution in [1.29, 1.82) is 0 Å². The van der Waals surface area contributed by atoms with Gasteiger partial charge in [0.25, 0.3) is 5.89 Å². The van der Waals surface area contributed by atoms with Crippen molar-refractivity contribution < 1.29 is 26.9 Å². The lowest BCUT2D eigenvalue weighted by Crippen LogP contribution is -2.41. The van der Waals surface area contributed by atoms with Crippen molar-refractivity contribution in [3.63, 3.8) is 0 Å². The quantitative estimate of drug-likeness (QED) is 0.721. The third-order valence-corrected chi connectivity index (χ3v) is 4.63. The molecule has 1 aliphatic heterocycles. The fraction of sp³-hybridized carbons (Fsp3) is 0.588. The van der Waals surface area contributed by atoms with Crippen molar-refractivity contribution >= 4 is 12.6 Å². The largest absolute Gasteiger partial charge is 0.497 e. The average molecular weight is 401 g/mol. The minimum absolute atomic E-state index is 0.111. The monoisotopic (exact) mass is 401 g/mol. The molecule has 7 nitrogen and oxygen atoms in total. The Kier molecular flexibility index (Phi) is 5.82. The first-order valence-corrected chi connectivity index (χ1v) is 8.79. The van der Waals surface area contributed by atoms with Crippen molar-refractivity contribution in [2.75, 3.05) is 0 Å². The number of aryl methyl sites for hydroxylation is 1. The number of hydrogen-bond donors (Lipinski definition) is 0. The molecule has 0 amide bonds. The summed E-state index contributed by atoms with van der Waals surface area (Å²) in [6.45, 7) is 10.9. The van der Waals surface area contributed by atoms with Crippen LogP contribution < -0.4 is 11.2 Å². The summed E-state index contributed by atoms with van der Waals surface area (Å²) in [5.41, 5.74) is -2.97.